The molecule has 0 saturated carbocycles. The maximum Gasteiger partial charge on any atom is 0.255 e. The molecule has 1 aromatic heterocycles. The Kier molecular flexibility index (Phi) is 5.94. The third-order valence-corrected chi connectivity index (χ3v) is 3.94. The number of carbonyl (C=O) groups excluding carboxylic acids is 2. The minimum Gasteiger partial charge on any atom is -0.352 e. The Morgan fingerprint density at radius 2 is 1.93 bits per heavy atom. The summed E-state index contributed by atoms with van der Waals surface area (Å²) in [7, 11) is 0. The van der Waals surface area contributed by atoms with Crippen LogP contribution in [0.1, 0.15) is 27.1 Å². The second kappa shape index (κ2) is 8.75. The zero-order chi connectivity index (χ0) is 19.1. The molecule has 0 aliphatic rings. The molecule has 27 heavy (non-hydrogen) atoms. The highest BCUT2D eigenvalue weighted by Gasteiger charge is 2.14. The van der Waals surface area contributed by atoms with Crippen LogP contribution >= 0.6 is 0 Å². The Labute approximate surface area is 156 Å². The lowest BCUT2D eigenvalue weighted by Gasteiger charge is -2.12. The average molecular weight is 366 g/mol. The molecular weight excluding hydrogens is 347 g/mol. The summed E-state index contributed by atoms with van der Waals surface area (Å²) in [6.07, 6.45) is 6.04. The Balaban J connectivity index is 1.60. The fraction of sp³-hybridized carbons (Fsp3) is 0.150. The number of amides is 2. The van der Waals surface area contributed by atoms with Crippen molar-refractivity contribution in [2.24, 2.45) is 0 Å². The molecule has 2 amide bonds. The van der Waals surface area contributed by atoms with Gasteiger partial charge >= 0.3 is 0 Å². The van der Waals surface area contributed by atoms with Crippen LogP contribution in [0.2, 0.25) is 0 Å². The van der Waals surface area contributed by atoms with Crippen LogP contribution in [0.4, 0.5) is 10.1 Å². The summed E-state index contributed by atoms with van der Waals surface area (Å²) in [5.74, 6) is -1.25. The van der Waals surface area contributed by atoms with Crippen LogP contribution in [0.3, 0.4) is 0 Å². The van der Waals surface area contributed by atoms with Gasteiger partial charge < -0.3 is 15.2 Å². The summed E-state index contributed by atoms with van der Waals surface area (Å²) >= 11 is 0. The van der Waals surface area contributed by atoms with Crippen molar-refractivity contribution in [2.45, 2.75) is 13.0 Å². The molecular formula is C20H19FN4O2. The van der Waals surface area contributed by atoms with E-state index in [1.54, 1.807) is 36.8 Å². The minimum absolute atomic E-state index is 0.186. The second-order valence-electron chi connectivity index (χ2n) is 5.92. The third-order valence-electron chi connectivity index (χ3n) is 3.94. The van der Waals surface area contributed by atoms with Crippen LogP contribution in [-0.4, -0.2) is 27.9 Å². The Morgan fingerprint density at radius 1 is 1.07 bits per heavy atom. The molecule has 0 saturated heterocycles. The van der Waals surface area contributed by atoms with E-state index in [4.69, 9.17) is 0 Å². The normalized spacial score (nSPS) is 10.4. The standard InChI is InChI=1S/C20H19FN4O2/c21-16-6-3-5-15(13-16)19(26)24-18-8-2-1-7-17(18)20(27)23-9-4-11-25-12-10-22-14-25/h1-3,5-8,10,12-14H,4,9,11H2,(H,23,27)(H,24,26). The molecule has 0 unspecified atom stereocenters. The Hall–Kier alpha value is -3.48. The Bertz CT molecular complexity index is 925. The first kappa shape index (κ1) is 18.3. The number of nitrogens with zero attached hydrogens (tertiary/aromatic N) is 2. The first-order valence-electron chi connectivity index (χ1n) is 8.53. The molecule has 0 spiro atoms. The Morgan fingerprint density at radius 3 is 2.70 bits per heavy atom. The molecule has 0 atom stereocenters. The predicted molar refractivity (Wildman–Crippen MR) is 100.0 cm³/mol. The lowest BCUT2D eigenvalue weighted by molar-refractivity contribution is 0.0953. The maximum atomic E-state index is 13.3. The molecule has 0 radical (unpaired) electrons. The fourth-order valence-corrected chi connectivity index (χ4v) is 2.59. The quantitative estimate of drug-likeness (QED) is 0.631. The molecule has 0 bridgehead atoms. The fourth-order valence-electron chi connectivity index (χ4n) is 2.59. The van der Waals surface area contributed by atoms with Crippen molar-refractivity contribution in [1.82, 2.24) is 14.9 Å². The van der Waals surface area contributed by atoms with Crippen LogP contribution in [0.25, 0.3) is 0 Å². The van der Waals surface area contributed by atoms with Crippen molar-refractivity contribution in [1.29, 1.82) is 0 Å². The number of para-hydroxylation sites is 1. The number of halogens is 1. The first-order chi connectivity index (χ1) is 13.1. The van der Waals surface area contributed by atoms with E-state index in [0.29, 0.717) is 17.8 Å². The van der Waals surface area contributed by atoms with E-state index in [9.17, 15) is 14.0 Å². The molecule has 2 N–H and O–H groups in total. The largest absolute Gasteiger partial charge is 0.352 e. The van der Waals surface area contributed by atoms with Gasteiger partial charge in [-0.1, -0.05) is 18.2 Å². The van der Waals surface area contributed by atoms with Gasteiger partial charge in [-0.05, 0) is 36.8 Å². The number of nitrogens with one attached hydrogen (secondary N) is 2. The number of imidazole rings is 1. The third kappa shape index (κ3) is 5.01. The second-order valence-corrected chi connectivity index (χ2v) is 5.92. The number of carbonyl (C=O) groups is 2. The van der Waals surface area contributed by atoms with E-state index < -0.39 is 11.7 Å². The van der Waals surface area contributed by atoms with E-state index in [2.05, 4.69) is 15.6 Å². The van der Waals surface area contributed by atoms with Crippen molar-refractivity contribution >= 4 is 17.5 Å². The summed E-state index contributed by atoms with van der Waals surface area (Å²) in [4.78, 5) is 28.7. The summed E-state index contributed by atoms with van der Waals surface area (Å²) in [5, 5.41) is 5.51. The van der Waals surface area contributed by atoms with Gasteiger partial charge in [-0.25, -0.2) is 9.37 Å². The van der Waals surface area contributed by atoms with E-state index in [1.165, 1.54) is 18.2 Å². The van der Waals surface area contributed by atoms with Crippen LogP contribution in [0.5, 0.6) is 0 Å². The number of aromatic nitrogens is 2. The molecule has 3 aromatic rings. The van der Waals surface area contributed by atoms with E-state index in [0.717, 1.165) is 19.0 Å². The van der Waals surface area contributed by atoms with Gasteiger partial charge in [0.1, 0.15) is 5.82 Å². The molecule has 2 aromatic carbocycles. The van der Waals surface area contributed by atoms with Gasteiger partial charge in [-0.3, -0.25) is 9.59 Å². The van der Waals surface area contributed by atoms with Gasteiger partial charge in [0.25, 0.3) is 11.8 Å². The smallest absolute Gasteiger partial charge is 0.255 e. The van der Waals surface area contributed by atoms with Gasteiger partial charge in [0, 0.05) is 31.0 Å². The van der Waals surface area contributed by atoms with Crippen LogP contribution in [0, 0.1) is 5.82 Å². The summed E-state index contributed by atoms with van der Waals surface area (Å²) in [6, 6.07) is 12.1. The zero-order valence-electron chi connectivity index (χ0n) is 14.6. The van der Waals surface area contributed by atoms with Crippen molar-refractivity contribution in [3.8, 4) is 0 Å². The number of rotatable bonds is 7. The van der Waals surface area contributed by atoms with E-state index in [-0.39, 0.29) is 11.5 Å². The summed E-state index contributed by atoms with van der Waals surface area (Å²) in [6.45, 7) is 1.24. The minimum atomic E-state index is -0.494. The SMILES string of the molecule is O=C(Nc1ccccc1C(=O)NCCCn1ccnc1)c1cccc(F)c1. The van der Waals surface area contributed by atoms with Gasteiger partial charge in [-0.2, -0.15) is 0 Å². The zero-order valence-corrected chi connectivity index (χ0v) is 14.6. The molecule has 0 aliphatic heterocycles. The summed E-state index contributed by atoms with van der Waals surface area (Å²) < 4.78 is 15.2. The lowest BCUT2D eigenvalue weighted by Crippen LogP contribution is -2.26. The first-order valence-corrected chi connectivity index (χ1v) is 8.53. The van der Waals surface area contributed by atoms with Crippen molar-refractivity contribution in [3.63, 3.8) is 0 Å². The van der Waals surface area contributed by atoms with Crippen molar-refractivity contribution < 1.29 is 14.0 Å². The topological polar surface area (TPSA) is 76.0 Å². The monoisotopic (exact) mass is 366 g/mol. The van der Waals surface area contributed by atoms with Crippen LogP contribution in [0.15, 0.2) is 67.3 Å². The van der Waals surface area contributed by atoms with Gasteiger partial charge in [0.2, 0.25) is 0 Å². The predicted octanol–water partition coefficient (Wildman–Crippen LogP) is 3.09. The highest BCUT2D eigenvalue weighted by molar-refractivity contribution is 6.08. The van der Waals surface area contributed by atoms with Gasteiger partial charge in [-0.15, -0.1) is 0 Å². The van der Waals surface area contributed by atoms with E-state index in [1.807, 2.05) is 10.8 Å². The number of hydrogen-bond acceptors (Lipinski definition) is 3. The molecule has 1 heterocycles. The number of benzene rings is 2. The maximum absolute atomic E-state index is 13.3. The van der Waals surface area contributed by atoms with Gasteiger partial charge in [0.15, 0.2) is 0 Å². The number of anilines is 1. The van der Waals surface area contributed by atoms with Crippen LogP contribution < -0.4 is 10.6 Å². The molecule has 0 aliphatic carbocycles. The molecule has 3 rings (SSSR count). The highest BCUT2D eigenvalue weighted by Crippen LogP contribution is 2.16. The number of hydrogen-bond donors (Lipinski definition) is 2. The average Bonchev–Trinajstić information content (AvgIpc) is 3.19. The summed E-state index contributed by atoms with van der Waals surface area (Å²) in [5.41, 5.74) is 0.911. The van der Waals surface area contributed by atoms with Crippen molar-refractivity contribution in [3.05, 3.63) is 84.2 Å². The highest BCUT2D eigenvalue weighted by atomic mass is 19.1. The molecule has 7 heteroatoms. The number of aryl methyl sites for hydroxylation is 1. The molecule has 138 valence electrons. The van der Waals surface area contributed by atoms with Crippen LogP contribution in [-0.2, 0) is 6.54 Å². The molecule has 0 fully saturated rings. The van der Waals surface area contributed by atoms with Crippen molar-refractivity contribution in [2.75, 3.05) is 11.9 Å². The van der Waals surface area contributed by atoms with Gasteiger partial charge in [0.05, 0.1) is 17.6 Å². The van der Waals surface area contributed by atoms with E-state index >= 15 is 0 Å². The molecule has 6 nitrogen and oxygen atoms in total. The lowest BCUT2D eigenvalue weighted by atomic mass is 10.1.